The van der Waals surface area contributed by atoms with Crippen molar-refractivity contribution in [3.8, 4) is 0 Å². The molecule has 0 unspecified atom stereocenters. The van der Waals surface area contributed by atoms with E-state index in [0.29, 0.717) is 5.92 Å². The van der Waals surface area contributed by atoms with Crippen molar-refractivity contribution in [3.05, 3.63) is 51.8 Å². The van der Waals surface area contributed by atoms with Gasteiger partial charge in [0.1, 0.15) is 0 Å². The van der Waals surface area contributed by atoms with Crippen LogP contribution in [0.25, 0.3) is 0 Å². The summed E-state index contributed by atoms with van der Waals surface area (Å²) in [5, 5.41) is 4.55. The van der Waals surface area contributed by atoms with Crippen molar-refractivity contribution in [2.75, 3.05) is 13.1 Å². The van der Waals surface area contributed by atoms with Crippen LogP contribution in [0.2, 0.25) is 0 Å². The fourth-order valence-corrected chi connectivity index (χ4v) is 3.68. The minimum Gasteiger partial charge on any atom is -0.339 e. The molecular formula is C18H22BrN3O. The predicted octanol–water partition coefficient (Wildman–Crippen LogP) is 3.81. The normalized spacial score (nSPS) is 15.9. The van der Waals surface area contributed by atoms with Gasteiger partial charge in [-0.1, -0.05) is 12.1 Å². The molecule has 1 aliphatic heterocycles. The van der Waals surface area contributed by atoms with Gasteiger partial charge in [0.05, 0.1) is 11.3 Å². The zero-order valence-corrected chi connectivity index (χ0v) is 15.2. The minimum absolute atomic E-state index is 0.127. The van der Waals surface area contributed by atoms with Crippen LogP contribution in [-0.4, -0.2) is 33.7 Å². The van der Waals surface area contributed by atoms with Crippen molar-refractivity contribution in [2.24, 2.45) is 5.92 Å². The number of carbonyl (C=O) groups is 1. The van der Waals surface area contributed by atoms with Crippen molar-refractivity contribution in [1.29, 1.82) is 0 Å². The molecule has 0 bridgehead atoms. The lowest BCUT2D eigenvalue weighted by atomic mass is 9.96. The minimum atomic E-state index is 0.127. The van der Waals surface area contributed by atoms with E-state index in [2.05, 4.69) is 38.7 Å². The van der Waals surface area contributed by atoms with E-state index in [-0.39, 0.29) is 5.91 Å². The molecular weight excluding hydrogens is 354 g/mol. The van der Waals surface area contributed by atoms with E-state index in [9.17, 15) is 4.79 Å². The average Bonchev–Trinajstić information content (AvgIpc) is 2.85. The van der Waals surface area contributed by atoms with Crippen LogP contribution >= 0.6 is 15.9 Å². The molecule has 0 N–H and O–H groups in total. The molecule has 1 fully saturated rings. The topological polar surface area (TPSA) is 38.1 Å². The first kappa shape index (κ1) is 16.2. The van der Waals surface area contributed by atoms with Gasteiger partial charge in [-0.25, -0.2) is 0 Å². The lowest BCUT2D eigenvalue weighted by molar-refractivity contribution is 0.0680. The summed E-state index contributed by atoms with van der Waals surface area (Å²) in [4.78, 5) is 14.6. The Morgan fingerprint density at radius 2 is 1.96 bits per heavy atom. The first-order valence-corrected chi connectivity index (χ1v) is 8.89. The number of aromatic nitrogens is 2. The molecule has 1 amide bonds. The third-order valence-corrected chi connectivity index (χ3v) is 5.23. The van der Waals surface area contributed by atoms with Gasteiger partial charge in [0, 0.05) is 29.8 Å². The molecule has 1 aromatic carbocycles. The number of benzene rings is 1. The molecule has 1 aromatic heterocycles. The van der Waals surface area contributed by atoms with Gasteiger partial charge in [0.2, 0.25) is 0 Å². The van der Waals surface area contributed by atoms with Crippen LogP contribution in [0.3, 0.4) is 0 Å². The molecule has 2 aromatic rings. The molecule has 0 saturated carbocycles. The van der Waals surface area contributed by atoms with Crippen molar-refractivity contribution < 1.29 is 4.79 Å². The number of aryl methyl sites for hydroxylation is 2. The Labute approximate surface area is 145 Å². The smallest absolute Gasteiger partial charge is 0.254 e. The van der Waals surface area contributed by atoms with E-state index in [1.54, 1.807) is 0 Å². The van der Waals surface area contributed by atoms with Gasteiger partial charge >= 0.3 is 0 Å². The summed E-state index contributed by atoms with van der Waals surface area (Å²) in [6.45, 7) is 6.74. The molecule has 0 radical (unpaired) electrons. The van der Waals surface area contributed by atoms with E-state index in [1.165, 1.54) is 5.69 Å². The lowest BCUT2D eigenvalue weighted by Crippen LogP contribution is -2.39. The van der Waals surface area contributed by atoms with Crippen LogP contribution in [0, 0.1) is 19.8 Å². The van der Waals surface area contributed by atoms with Gasteiger partial charge in [-0.3, -0.25) is 9.48 Å². The summed E-state index contributed by atoms with van der Waals surface area (Å²) in [6.07, 6.45) is 2.07. The molecule has 122 valence electrons. The molecule has 0 spiro atoms. The van der Waals surface area contributed by atoms with Crippen molar-refractivity contribution in [1.82, 2.24) is 14.7 Å². The summed E-state index contributed by atoms with van der Waals surface area (Å²) >= 11 is 3.47. The fraction of sp³-hybridized carbons (Fsp3) is 0.444. The van der Waals surface area contributed by atoms with Crippen LogP contribution < -0.4 is 0 Å². The number of rotatable bonds is 3. The van der Waals surface area contributed by atoms with Gasteiger partial charge in [0.15, 0.2) is 0 Å². The first-order chi connectivity index (χ1) is 11.0. The summed E-state index contributed by atoms with van der Waals surface area (Å²) in [7, 11) is 0. The van der Waals surface area contributed by atoms with Crippen molar-refractivity contribution in [3.63, 3.8) is 0 Å². The Morgan fingerprint density at radius 1 is 1.26 bits per heavy atom. The summed E-state index contributed by atoms with van der Waals surface area (Å²) < 4.78 is 2.97. The number of halogens is 1. The Morgan fingerprint density at radius 3 is 2.57 bits per heavy atom. The second kappa shape index (κ2) is 6.87. The number of carbonyl (C=O) groups excluding carboxylic acids is 1. The lowest BCUT2D eigenvalue weighted by Gasteiger charge is -2.32. The molecule has 23 heavy (non-hydrogen) atoms. The molecule has 0 aliphatic carbocycles. The Kier molecular flexibility index (Phi) is 4.85. The molecule has 2 heterocycles. The molecule has 5 heteroatoms. The van der Waals surface area contributed by atoms with Crippen LogP contribution in [0.5, 0.6) is 0 Å². The highest BCUT2D eigenvalue weighted by Gasteiger charge is 2.25. The summed E-state index contributed by atoms with van der Waals surface area (Å²) in [5.41, 5.74) is 3.04. The number of hydrogen-bond donors (Lipinski definition) is 0. The Bertz CT molecular complexity index is 702. The number of amides is 1. The number of hydrogen-bond acceptors (Lipinski definition) is 2. The van der Waals surface area contributed by atoms with E-state index < -0.39 is 0 Å². The van der Waals surface area contributed by atoms with Gasteiger partial charge in [-0.2, -0.15) is 5.10 Å². The van der Waals surface area contributed by atoms with Crippen LogP contribution in [0.1, 0.15) is 34.6 Å². The number of piperidine rings is 1. The summed E-state index contributed by atoms with van der Waals surface area (Å²) in [5.74, 6) is 0.721. The maximum Gasteiger partial charge on any atom is 0.254 e. The third-order valence-electron chi connectivity index (χ3n) is 4.54. The van der Waals surface area contributed by atoms with Crippen LogP contribution in [0.4, 0.5) is 0 Å². The zero-order chi connectivity index (χ0) is 16.4. The second-order valence-electron chi connectivity index (χ2n) is 6.32. The standard InChI is InChI=1S/C18H22BrN3O/c1-13-11-14(2)22(20-13)12-15-7-9-21(10-8-15)18(23)16-5-3-4-6-17(16)19/h3-6,11,15H,7-10,12H2,1-2H3. The monoisotopic (exact) mass is 375 g/mol. The maximum atomic E-state index is 12.6. The predicted molar refractivity (Wildman–Crippen MR) is 94.5 cm³/mol. The van der Waals surface area contributed by atoms with E-state index in [0.717, 1.165) is 48.2 Å². The van der Waals surface area contributed by atoms with Crippen molar-refractivity contribution >= 4 is 21.8 Å². The molecule has 1 aliphatic rings. The van der Waals surface area contributed by atoms with E-state index in [4.69, 9.17) is 0 Å². The van der Waals surface area contributed by atoms with E-state index in [1.807, 2.05) is 36.1 Å². The quantitative estimate of drug-likeness (QED) is 0.817. The second-order valence-corrected chi connectivity index (χ2v) is 7.18. The highest BCUT2D eigenvalue weighted by molar-refractivity contribution is 9.10. The first-order valence-electron chi connectivity index (χ1n) is 8.09. The van der Waals surface area contributed by atoms with Crippen LogP contribution in [0.15, 0.2) is 34.8 Å². The van der Waals surface area contributed by atoms with Gasteiger partial charge in [-0.05, 0) is 66.7 Å². The Hall–Kier alpha value is -1.62. The third kappa shape index (κ3) is 3.66. The zero-order valence-electron chi connectivity index (χ0n) is 13.6. The van der Waals surface area contributed by atoms with Gasteiger partial charge < -0.3 is 4.90 Å². The van der Waals surface area contributed by atoms with Crippen LogP contribution in [-0.2, 0) is 6.54 Å². The van der Waals surface area contributed by atoms with Crippen molar-refractivity contribution in [2.45, 2.75) is 33.2 Å². The van der Waals surface area contributed by atoms with Gasteiger partial charge in [-0.15, -0.1) is 0 Å². The van der Waals surface area contributed by atoms with E-state index >= 15 is 0 Å². The molecule has 4 nitrogen and oxygen atoms in total. The fourth-order valence-electron chi connectivity index (χ4n) is 3.23. The SMILES string of the molecule is Cc1cc(C)n(CC2CCN(C(=O)c3ccccc3Br)CC2)n1. The number of nitrogens with zero attached hydrogens (tertiary/aromatic N) is 3. The highest BCUT2D eigenvalue weighted by Crippen LogP contribution is 2.24. The largest absolute Gasteiger partial charge is 0.339 e. The Balaban J connectivity index is 1.59. The maximum absolute atomic E-state index is 12.6. The van der Waals surface area contributed by atoms with Gasteiger partial charge in [0.25, 0.3) is 5.91 Å². The average molecular weight is 376 g/mol. The molecule has 3 rings (SSSR count). The highest BCUT2D eigenvalue weighted by atomic mass is 79.9. The summed E-state index contributed by atoms with van der Waals surface area (Å²) in [6, 6.07) is 9.76. The molecule has 1 saturated heterocycles. The molecule has 0 atom stereocenters. The number of likely N-dealkylation sites (tertiary alicyclic amines) is 1.